The number of nitrogens with two attached hydrogens (primary N) is 1. The number of thioether (sulfide) groups is 1. The average molecular weight is 415 g/mol. The van der Waals surface area contributed by atoms with Crippen molar-refractivity contribution in [3.05, 3.63) is 65.7 Å². The highest BCUT2D eigenvalue weighted by Crippen LogP contribution is 2.19. The Balaban J connectivity index is 1.52. The van der Waals surface area contributed by atoms with Crippen LogP contribution in [-0.2, 0) is 11.4 Å². The van der Waals surface area contributed by atoms with Crippen molar-refractivity contribution in [2.24, 2.45) is 0 Å². The lowest BCUT2D eigenvalue weighted by molar-refractivity contribution is -0.113. The van der Waals surface area contributed by atoms with E-state index in [2.05, 4.69) is 15.5 Å². The number of carbonyl (C=O) groups excluding carboxylic acids is 2. The van der Waals surface area contributed by atoms with Gasteiger partial charge < -0.3 is 15.9 Å². The number of nitrogen functional groups attached to an aromatic ring is 1. The van der Waals surface area contributed by atoms with Gasteiger partial charge in [0, 0.05) is 11.3 Å². The Bertz CT molecular complexity index is 1020. The maximum Gasteiger partial charge on any atom is 0.234 e. The predicted molar refractivity (Wildman–Crippen MR) is 107 cm³/mol. The van der Waals surface area contributed by atoms with E-state index < -0.39 is 5.82 Å². The zero-order chi connectivity index (χ0) is 20.8. The fourth-order valence-corrected chi connectivity index (χ4v) is 3.00. The molecule has 2 aromatic carbocycles. The van der Waals surface area contributed by atoms with E-state index in [4.69, 9.17) is 10.6 Å². The molecule has 0 spiro atoms. The number of amides is 1. The van der Waals surface area contributed by atoms with Crippen LogP contribution in [0.15, 0.2) is 53.7 Å². The molecule has 0 aliphatic rings. The maximum absolute atomic E-state index is 13.6. The van der Waals surface area contributed by atoms with Crippen molar-refractivity contribution in [1.29, 1.82) is 0 Å². The van der Waals surface area contributed by atoms with Gasteiger partial charge in [0.25, 0.3) is 0 Å². The van der Waals surface area contributed by atoms with Gasteiger partial charge in [0.15, 0.2) is 23.2 Å². The Hall–Kier alpha value is -3.40. The molecular weight excluding hydrogens is 397 g/mol. The fraction of sp³-hybridized carbons (Fsp3) is 0.158. The van der Waals surface area contributed by atoms with Crippen molar-refractivity contribution in [2.75, 3.05) is 16.9 Å². The first-order chi connectivity index (χ1) is 13.9. The first-order valence-electron chi connectivity index (χ1n) is 8.54. The van der Waals surface area contributed by atoms with E-state index in [0.717, 1.165) is 11.8 Å². The lowest BCUT2D eigenvalue weighted by atomic mass is 10.1. The monoisotopic (exact) mass is 415 g/mol. The molecule has 1 aromatic heterocycles. The standard InChI is InChI=1S/C19H18FN5O3S/c1-12(26)13-6-8-14(9-7-13)22-18(27)11-29-19-24-23-17(25(19)21)10-28-16-5-3-2-4-15(16)20/h2-9H,10-11,21H2,1H3,(H,22,27). The summed E-state index contributed by atoms with van der Waals surface area (Å²) in [5, 5.41) is 10.9. The Morgan fingerprint density at radius 1 is 1.17 bits per heavy atom. The number of carbonyl (C=O) groups is 2. The van der Waals surface area contributed by atoms with Crippen molar-refractivity contribution in [1.82, 2.24) is 14.9 Å². The highest BCUT2D eigenvalue weighted by Gasteiger charge is 2.14. The third-order valence-corrected chi connectivity index (χ3v) is 4.78. The molecule has 0 unspecified atom stereocenters. The van der Waals surface area contributed by atoms with Gasteiger partial charge in [-0.3, -0.25) is 9.59 Å². The van der Waals surface area contributed by atoms with Gasteiger partial charge in [-0.2, -0.15) is 0 Å². The van der Waals surface area contributed by atoms with Crippen LogP contribution in [0.5, 0.6) is 5.75 Å². The molecule has 3 aromatic rings. The lowest BCUT2D eigenvalue weighted by Gasteiger charge is -2.07. The van der Waals surface area contributed by atoms with E-state index in [1.807, 2.05) is 0 Å². The van der Waals surface area contributed by atoms with Gasteiger partial charge in [0.1, 0.15) is 6.61 Å². The number of hydrogen-bond donors (Lipinski definition) is 2. The van der Waals surface area contributed by atoms with Crippen LogP contribution in [0.2, 0.25) is 0 Å². The van der Waals surface area contributed by atoms with Crippen LogP contribution in [0.1, 0.15) is 23.1 Å². The van der Waals surface area contributed by atoms with E-state index in [9.17, 15) is 14.0 Å². The topological polar surface area (TPSA) is 112 Å². The van der Waals surface area contributed by atoms with Crippen LogP contribution in [0, 0.1) is 5.82 Å². The number of nitrogens with zero attached hydrogens (tertiary/aromatic N) is 3. The number of anilines is 1. The number of aromatic nitrogens is 3. The second-order valence-corrected chi connectivity index (χ2v) is 6.90. The number of ether oxygens (including phenoxy) is 1. The predicted octanol–water partition coefficient (Wildman–Crippen LogP) is 2.64. The van der Waals surface area contributed by atoms with E-state index >= 15 is 0 Å². The summed E-state index contributed by atoms with van der Waals surface area (Å²) < 4.78 is 20.1. The van der Waals surface area contributed by atoms with Crippen LogP contribution in [0.4, 0.5) is 10.1 Å². The summed E-state index contributed by atoms with van der Waals surface area (Å²) in [6, 6.07) is 12.6. The molecule has 3 rings (SSSR count). The highest BCUT2D eigenvalue weighted by atomic mass is 32.2. The molecule has 0 aliphatic carbocycles. The molecule has 1 heterocycles. The van der Waals surface area contributed by atoms with Crippen molar-refractivity contribution in [3.8, 4) is 5.75 Å². The molecule has 0 saturated carbocycles. The summed E-state index contributed by atoms with van der Waals surface area (Å²) in [6.45, 7) is 1.41. The number of nitrogens with one attached hydrogen (secondary N) is 1. The van der Waals surface area contributed by atoms with Crippen LogP contribution >= 0.6 is 11.8 Å². The largest absolute Gasteiger partial charge is 0.482 e. The zero-order valence-electron chi connectivity index (χ0n) is 15.5. The Morgan fingerprint density at radius 2 is 1.90 bits per heavy atom. The average Bonchev–Trinajstić information content (AvgIpc) is 3.06. The van der Waals surface area contributed by atoms with Crippen LogP contribution < -0.4 is 15.9 Å². The van der Waals surface area contributed by atoms with Crippen molar-refractivity contribution in [2.45, 2.75) is 18.7 Å². The number of para-hydroxylation sites is 1. The Morgan fingerprint density at radius 3 is 2.59 bits per heavy atom. The van der Waals surface area contributed by atoms with Gasteiger partial charge in [-0.1, -0.05) is 23.9 Å². The fourth-order valence-electron chi connectivity index (χ4n) is 2.32. The molecule has 3 N–H and O–H groups in total. The number of rotatable bonds is 8. The van der Waals surface area contributed by atoms with E-state index in [1.165, 1.54) is 23.7 Å². The third-order valence-electron chi connectivity index (χ3n) is 3.84. The summed E-state index contributed by atoms with van der Waals surface area (Å²) in [6.07, 6.45) is 0. The molecule has 1 amide bonds. The van der Waals surface area contributed by atoms with Gasteiger partial charge >= 0.3 is 0 Å². The number of halogens is 1. The summed E-state index contributed by atoms with van der Waals surface area (Å²) in [5.74, 6) is 5.55. The SMILES string of the molecule is CC(=O)c1ccc(NC(=O)CSc2nnc(COc3ccccc3F)n2N)cc1. The number of benzene rings is 2. The molecule has 8 nitrogen and oxygen atoms in total. The molecule has 10 heteroatoms. The normalized spacial score (nSPS) is 10.6. The van der Waals surface area contributed by atoms with Gasteiger partial charge in [-0.05, 0) is 43.3 Å². The Kier molecular flexibility index (Phi) is 6.45. The minimum absolute atomic E-state index is 0.0458. The lowest BCUT2D eigenvalue weighted by Crippen LogP contribution is -2.18. The van der Waals surface area contributed by atoms with E-state index in [-0.39, 0.29) is 35.6 Å². The van der Waals surface area contributed by atoms with Crippen molar-refractivity contribution < 1.29 is 18.7 Å². The van der Waals surface area contributed by atoms with Gasteiger partial charge in [0.05, 0.1) is 5.75 Å². The number of Topliss-reactive ketones (excluding diaryl/α,β-unsaturated/α-hetero) is 1. The van der Waals surface area contributed by atoms with Gasteiger partial charge in [0.2, 0.25) is 11.1 Å². The van der Waals surface area contributed by atoms with Gasteiger partial charge in [-0.25, -0.2) is 9.07 Å². The summed E-state index contributed by atoms with van der Waals surface area (Å²) in [7, 11) is 0. The molecule has 150 valence electrons. The number of ketones is 1. The molecule has 0 radical (unpaired) electrons. The summed E-state index contributed by atoms with van der Waals surface area (Å²) in [5.41, 5.74) is 1.15. The van der Waals surface area contributed by atoms with Crippen molar-refractivity contribution >= 4 is 29.1 Å². The first kappa shape index (κ1) is 20.3. The van der Waals surface area contributed by atoms with Gasteiger partial charge in [-0.15, -0.1) is 10.2 Å². The second-order valence-electron chi connectivity index (χ2n) is 5.96. The quantitative estimate of drug-likeness (QED) is 0.330. The Labute approximate surface area is 170 Å². The summed E-state index contributed by atoms with van der Waals surface area (Å²) >= 11 is 1.10. The molecule has 0 saturated heterocycles. The number of hydrogen-bond acceptors (Lipinski definition) is 7. The van der Waals surface area contributed by atoms with Crippen molar-refractivity contribution in [3.63, 3.8) is 0 Å². The molecular formula is C19H18FN5O3S. The maximum atomic E-state index is 13.6. The van der Waals surface area contributed by atoms with Crippen LogP contribution in [0.3, 0.4) is 0 Å². The molecule has 0 bridgehead atoms. The molecule has 0 atom stereocenters. The molecule has 0 aliphatic heterocycles. The van der Waals surface area contributed by atoms with Crippen LogP contribution in [0.25, 0.3) is 0 Å². The zero-order valence-corrected chi connectivity index (χ0v) is 16.3. The third kappa shape index (κ3) is 5.32. The highest BCUT2D eigenvalue weighted by molar-refractivity contribution is 7.99. The van der Waals surface area contributed by atoms with E-state index in [0.29, 0.717) is 16.4 Å². The van der Waals surface area contributed by atoms with Crippen LogP contribution in [-0.4, -0.2) is 32.3 Å². The van der Waals surface area contributed by atoms with E-state index in [1.54, 1.807) is 36.4 Å². The smallest absolute Gasteiger partial charge is 0.234 e. The first-order valence-corrected chi connectivity index (χ1v) is 9.53. The minimum atomic E-state index is -0.488. The minimum Gasteiger partial charge on any atom is -0.482 e. The molecule has 29 heavy (non-hydrogen) atoms. The second kappa shape index (κ2) is 9.20. The summed E-state index contributed by atoms with van der Waals surface area (Å²) in [4.78, 5) is 23.4. The molecule has 0 fully saturated rings.